The van der Waals surface area contributed by atoms with Crippen LogP contribution in [-0.2, 0) is 12.1 Å². The zero-order chi connectivity index (χ0) is 18.6. The molecule has 0 spiro atoms. The molecule has 0 aliphatic heterocycles. The van der Waals surface area contributed by atoms with Crippen LogP contribution < -0.4 is 10.6 Å². The monoisotopic (exact) mass is 376 g/mol. The summed E-state index contributed by atoms with van der Waals surface area (Å²) in [6.07, 6.45) is 0. The molecule has 0 unspecified atom stereocenters. The highest BCUT2D eigenvalue weighted by Crippen LogP contribution is 2.24. The van der Waals surface area contributed by atoms with Gasteiger partial charge in [-0.1, -0.05) is 59.6 Å². The van der Waals surface area contributed by atoms with Gasteiger partial charge < -0.3 is 10.6 Å². The SMILES string of the molecule is C=C(C)c1cccc(C(C)(C)NC(=O)NCc2ccc(Cl)c(Cl)c2)c1. The van der Waals surface area contributed by atoms with Crippen LogP contribution in [0.4, 0.5) is 4.79 Å². The van der Waals surface area contributed by atoms with Gasteiger partial charge in [-0.05, 0) is 55.7 Å². The van der Waals surface area contributed by atoms with Crippen molar-refractivity contribution in [2.75, 3.05) is 0 Å². The molecule has 2 amide bonds. The summed E-state index contributed by atoms with van der Waals surface area (Å²) in [6.45, 7) is 10.2. The summed E-state index contributed by atoms with van der Waals surface area (Å²) >= 11 is 11.9. The molecular weight excluding hydrogens is 355 g/mol. The highest BCUT2D eigenvalue weighted by Gasteiger charge is 2.23. The van der Waals surface area contributed by atoms with E-state index in [0.717, 1.165) is 22.3 Å². The Balaban J connectivity index is 2.01. The van der Waals surface area contributed by atoms with Crippen LogP contribution in [0.1, 0.15) is 37.5 Å². The fourth-order valence-electron chi connectivity index (χ4n) is 2.41. The lowest BCUT2D eigenvalue weighted by atomic mass is 9.92. The van der Waals surface area contributed by atoms with Gasteiger partial charge in [-0.15, -0.1) is 0 Å². The molecule has 0 saturated carbocycles. The van der Waals surface area contributed by atoms with Gasteiger partial charge in [-0.3, -0.25) is 0 Å². The van der Waals surface area contributed by atoms with Crippen LogP contribution in [0, 0.1) is 0 Å². The first-order chi connectivity index (χ1) is 11.7. The second-order valence-electron chi connectivity index (χ2n) is 6.54. The van der Waals surface area contributed by atoms with Crippen molar-refractivity contribution in [3.05, 3.63) is 75.8 Å². The van der Waals surface area contributed by atoms with E-state index in [-0.39, 0.29) is 6.03 Å². The third-order valence-corrected chi connectivity index (χ3v) is 4.68. The van der Waals surface area contributed by atoms with Crippen LogP contribution >= 0.6 is 23.2 Å². The minimum absolute atomic E-state index is 0.253. The Labute approximate surface area is 159 Å². The zero-order valence-corrected chi connectivity index (χ0v) is 16.1. The Kier molecular flexibility index (Phi) is 6.15. The molecule has 0 fully saturated rings. The molecule has 2 aromatic rings. The van der Waals surface area contributed by atoms with Crippen molar-refractivity contribution >= 4 is 34.8 Å². The Morgan fingerprint density at radius 3 is 2.48 bits per heavy atom. The molecule has 0 aromatic heterocycles. The molecular formula is C20H22Cl2N2O. The van der Waals surface area contributed by atoms with E-state index < -0.39 is 5.54 Å². The first kappa shape index (κ1) is 19.4. The van der Waals surface area contributed by atoms with Crippen molar-refractivity contribution in [1.82, 2.24) is 10.6 Å². The van der Waals surface area contributed by atoms with E-state index in [4.69, 9.17) is 23.2 Å². The van der Waals surface area contributed by atoms with E-state index in [1.165, 1.54) is 0 Å². The second-order valence-corrected chi connectivity index (χ2v) is 7.36. The lowest BCUT2D eigenvalue weighted by molar-refractivity contribution is 0.229. The van der Waals surface area contributed by atoms with Crippen molar-refractivity contribution in [2.24, 2.45) is 0 Å². The molecule has 0 bridgehead atoms. The summed E-state index contributed by atoms with van der Waals surface area (Å²) in [5.41, 5.74) is 3.42. The van der Waals surface area contributed by atoms with Gasteiger partial charge in [-0.2, -0.15) is 0 Å². The van der Waals surface area contributed by atoms with Gasteiger partial charge in [0.1, 0.15) is 0 Å². The van der Waals surface area contributed by atoms with E-state index in [0.29, 0.717) is 16.6 Å². The van der Waals surface area contributed by atoms with E-state index >= 15 is 0 Å². The summed E-state index contributed by atoms with van der Waals surface area (Å²) in [5.74, 6) is 0. The molecule has 132 valence electrons. The molecule has 5 heteroatoms. The van der Waals surface area contributed by atoms with E-state index in [1.807, 2.05) is 51.1 Å². The summed E-state index contributed by atoms with van der Waals surface area (Å²) in [6, 6.07) is 13.0. The standard InChI is InChI=1S/C20H22Cl2N2O/c1-13(2)15-6-5-7-16(11-15)20(3,4)24-19(25)23-12-14-8-9-17(21)18(22)10-14/h5-11H,1,12H2,2-4H3,(H2,23,24,25). The number of hydrogen-bond acceptors (Lipinski definition) is 1. The van der Waals surface area contributed by atoms with Gasteiger partial charge >= 0.3 is 6.03 Å². The average Bonchev–Trinajstić information content (AvgIpc) is 2.55. The van der Waals surface area contributed by atoms with Crippen molar-refractivity contribution < 1.29 is 4.79 Å². The molecule has 0 atom stereocenters. The number of halogens is 2. The van der Waals surface area contributed by atoms with E-state index in [1.54, 1.807) is 12.1 Å². The summed E-state index contributed by atoms with van der Waals surface area (Å²) in [7, 11) is 0. The second kappa shape index (κ2) is 7.94. The molecule has 0 aliphatic carbocycles. The summed E-state index contributed by atoms with van der Waals surface area (Å²) < 4.78 is 0. The van der Waals surface area contributed by atoms with Gasteiger partial charge in [0, 0.05) is 6.54 Å². The van der Waals surface area contributed by atoms with Crippen LogP contribution in [0.3, 0.4) is 0 Å². The Morgan fingerprint density at radius 1 is 1.12 bits per heavy atom. The number of carbonyl (C=O) groups is 1. The maximum Gasteiger partial charge on any atom is 0.315 e. The van der Waals surface area contributed by atoms with Crippen molar-refractivity contribution in [1.29, 1.82) is 0 Å². The molecule has 2 aromatic carbocycles. The minimum Gasteiger partial charge on any atom is -0.334 e. The van der Waals surface area contributed by atoms with Crippen molar-refractivity contribution in [2.45, 2.75) is 32.9 Å². The van der Waals surface area contributed by atoms with Crippen LogP contribution in [0.15, 0.2) is 49.0 Å². The maximum atomic E-state index is 12.3. The fraction of sp³-hybridized carbons (Fsp3) is 0.250. The molecule has 3 nitrogen and oxygen atoms in total. The van der Waals surface area contributed by atoms with Gasteiger partial charge in [-0.25, -0.2) is 4.79 Å². The maximum absolute atomic E-state index is 12.3. The van der Waals surface area contributed by atoms with Crippen LogP contribution in [0.25, 0.3) is 5.57 Å². The number of hydrogen-bond donors (Lipinski definition) is 2. The van der Waals surface area contributed by atoms with Gasteiger partial charge in [0.15, 0.2) is 0 Å². The first-order valence-corrected chi connectivity index (χ1v) is 8.71. The lowest BCUT2D eigenvalue weighted by Crippen LogP contribution is -2.46. The molecule has 2 rings (SSSR count). The zero-order valence-electron chi connectivity index (χ0n) is 14.6. The highest BCUT2D eigenvalue weighted by molar-refractivity contribution is 6.42. The number of amides is 2. The molecule has 2 N–H and O–H groups in total. The predicted octanol–water partition coefficient (Wildman–Crippen LogP) is 5.76. The number of carbonyl (C=O) groups excluding carboxylic acids is 1. The summed E-state index contributed by atoms with van der Waals surface area (Å²) in [4.78, 5) is 12.3. The molecule has 0 aliphatic rings. The molecule has 25 heavy (non-hydrogen) atoms. The normalized spacial score (nSPS) is 11.1. The van der Waals surface area contributed by atoms with Crippen LogP contribution in [0.5, 0.6) is 0 Å². The van der Waals surface area contributed by atoms with Gasteiger partial charge in [0.2, 0.25) is 0 Å². The molecule has 0 saturated heterocycles. The first-order valence-electron chi connectivity index (χ1n) is 7.95. The number of nitrogens with one attached hydrogen (secondary N) is 2. The Hall–Kier alpha value is -1.97. The minimum atomic E-state index is -0.521. The Bertz CT molecular complexity index is 800. The van der Waals surface area contributed by atoms with Crippen LogP contribution in [-0.4, -0.2) is 6.03 Å². The highest BCUT2D eigenvalue weighted by atomic mass is 35.5. The van der Waals surface area contributed by atoms with Crippen molar-refractivity contribution in [3.8, 4) is 0 Å². The molecule has 0 radical (unpaired) electrons. The van der Waals surface area contributed by atoms with E-state index in [2.05, 4.69) is 17.2 Å². The number of urea groups is 1. The van der Waals surface area contributed by atoms with Crippen LogP contribution in [0.2, 0.25) is 10.0 Å². The smallest absolute Gasteiger partial charge is 0.315 e. The number of benzene rings is 2. The number of allylic oxidation sites excluding steroid dienone is 1. The number of rotatable bonds is 5. The van der Waals surface area contributed by atoms with E-state index in [9.17, 15) is 4.79 Å². The lowest BCUT2D eigenvalue weighted by Gasteiger charge is -2.27. The molecule has 0 heterocycles. The third-order valence-electron chi connectivity index (χ3n) is 3.94. The summed E-state index contributed by atoms with van der Waals surface area (Å²) in [5, 5.41) is 6.80. The predicted molar refractivity (Wildman–Crippen MR) is 106 cm³/mol. The largest absolute Gasteiger partial charge is 0.334 e. The average molecular weight is 377 g/mol. The van der Waals surface area contributed by atoms with Gasteiger partial charge in [0.25, 0.3) is 0 Å². The van der Waals surface area contributed by atoms with Crippen molar-refractivity contribution in [3.63, 3.8) is 0 Å². The Morgan fingerprint density at radius 2 is 1.84 bits per heavy atom. The van der Waals surface area contributed by atoms with Gasteiger partial charge in [0.05, 0.1) is 15.6 Å². The topological polar surface area (TPSA) is 41.1 Å². The fourth-order valence-corrected chi connectivity index (χ4v) is 2.73. The quantitative estimate of drug-likeness (QED) is 0.683. The third kappa shape index (κ3) is 5.25.